The van der Waals surface area contributed by atoms with Gasteiger partial charge in [0.05, 0.1) is 13.7 Å². The molecule has 1 aromatic rings. The molecule has 2 atom stereocenters. The minimum absolute atomic E-state index is 0.206. The molecule has 0 saturated carbocycles. The molecule has 0 spiro atoms. The molecular formula is C17H25NO3. The van der Waals surface area contributed by atoms with Gasteiger partial charge in [0.1, 0.15) is 0 Å². The third-order valence-electron chi connectivity index (χ3n) is 4.91. The van der Waals surface area contributed by atoms with Crippen molar-refractivity contribution in [2.75, 3.05) is 20.3 Å². The van der Waals surface area contributed by atoms with Gasteiger partial charge in [-0.15, -0.1) is 0 Å². The average molecular weight is 291 g/mol. The first-order chi connectivity index (χ1) is 10.2. The number of likely N-dealkylation sites (tertiary alicyclic amines) is 1. The lowest BCUT2D eigenvalue weighted by Crippen LogP contribution is -2.59. The van der Waals surface area contributed by atoms with Gasteiger partial charge in [0, 0.05) is 19.0 Å². The molecule has 2 aliphatic rings. The van der Waals surface area contributed by atoms with E-state index in [1.807, 2.05) is 12.1 Å². The molecule has 116 valence electrons. The zero-order valence-electron chi connectivity index (χ0n) is 13.0. The van der Waals surface area contributed by atoms with Crippen LogP contribution in [0, 0.1) is 0 Å². The van der Waals surface area contributed by atoms with Gasteiger partial charge in [-0.1, -0.05) is 18.6 Å². The maximum Gasteiger partial charge on any atom is 0.167 e. The molecule has 4 nitrogen and oxygen atoms in total. The maximum atomic E-state index is 9.68. The lowest BCUT2D eigenvalue weighted by molar-refractivity contribution is -0.126. The van der Waals surface area contributed by atoms with E-state index < -0.39 is 0 Å². The summed E-state index contributed by atoms with van der Waals surface area (Å²) >= 11 is 0. The SMILES string of the molecule is COc1cccc2c1OC(C)(N1CCCCC1CO)CC2. The average Bonchev–Trinajstić information content (AvgIpc) is 2.54. The molecule has 0 aromatic heterocycles. The fourth-order valence-corrected chi connectivity index (χ4v) is 3.69. The van der Waals surface area contributed by atoms with Crippen molar-refractivity contribution in [3.63, 3.8) is 0 Å². The van der Waals surface area contributed by atoms with Crippen LogP contribution in [0.5, 0.6) is 11.5 Å². The maximum absolute atomic E-state index is 9.68. The zero-order chi connectivity index (χ0) is 14.9. The third-order valence-corrected chi connectivity index (χ3v) is 4.91. The summed E-state index contributed by atoms with van der Waals surface area (Å²) in [5.74, 6) is 1.67. The summed E-state index contributed by atoms with van der Waals surface area (Å²) < 4.78 is 11.9. The second-order valence-corrected chi connectivity index (χ2v) is 6.25. The summed E-state index contributed by atoms with van der Waals surface area (Å²) in [6, 6.07) is 6.28. The molecule has 1 N–H and O–H groups in total. The molecule has 1 fully saturated rings. The Hall–Kier alpha value is -1.26. The predicted molar refractivity (Wildman–Crippen MR) is 81.8 cm³/mol. The molecule has 0 bridgehead atoms. The van der Waals surface area contributed by atoms with E-state index in [1.54, 1.807) is 7.11 Å². The van der Waals surface area contributed by atoms with Gasteiger partial charge in [-0.05, 0) is 37.8 Å². The van der Waals surface area contributed by atoms with Gasteiger partial charge in [-0.2, -0.15) is 0 Å². The number of aliphatic hydroxyl groups is 1. The van der Waals surface area contributed by atoms with E-state index in [1.165, 1.54) is 18.4 Å². The highest BCUT2D eigenvalue weighted by Crippen LogP contribution is 2.42. The molecule has 4 heteroatoms. The van der Waals surface area contributed by atoms with Crippen LogP contribution < -0.4 is 9.47 Å². The molecule has 0 aliphatic carbocycles. The van der Waals surface area contributed by atoms with E-state index in [0.29, 0.717) is 0 Å². The Labute approximate surface area is 126 Å². The summed E-state index contributed by atoms with van der Waals surface area (Å²) in [7, 11) is 1.68. The van der Waals surface area contributed by atoms with E-state index in [2.05, 4.69) is 17.9 Å². The van der Waals surface area contributed by atoms with Crippen molar-refractivity contribution in [2.24, 2.45) is 0 Å². The van der Waals surface area contributed by atoms with Gasteiger partial charge in [-0.3, -0.25) is 4.90 Å². The van der Waals surface area contributed by atoms with Crippen LogP contribution in [-0.4, -0.2) is 42.0 Å². The predicted octanol–water partition coefficient (Wildman–Crippen LogP) is 2.58. The van der Waals surface area contributed by atoms with Crippen LogP contribution in [0.3, 0.4) is 0 Å². The summed E-state index contributed by atoms with van der Waals surface area (Å²) in [6.07, 6.45) is 5.35. The first kappa shape index (κ1) is 14.7. The smallest absolute Gasteiger partial charge is 0.167 e. The van der Waals surface area contributed by atoms with Gasteiger partial charge in [0.15, 0.2) is 17.2 Å². The first-order valence-corrected chi connectivity index (χ1v) is 7.90. The number of para-hydroxylation sites is 1. The Balaban J connectivity index is 1.89. The Morgan fingerprint density at radius 1 is 1.43 bits per heavy atom. The van der Waals surface area contributed by atoms with Gasteiger partial charge in [-0.25, -0.2) is 0 Å². The fraction of sp³-hybridized carbons (Fsp3) is 0.647. The highest BCUT2D eigenvalue weighted by atomic mass is 16.5. The monoisotopic (exact) mass is 291 g/mol. The number of ether oxygens (including phenoxy) is 2. The second kappa shape index (κ2) is 5.85. The van der Waals surface area contributed by atoms with Crippen molar-refractivity contribution >= 4 is 0 Å². The molecule has 0 amide bonds. The van der Waals surface area contributed by atoms with Gasteiger partial charge < -0.3 is 14.6 Å². The lowest BCUT2D eigenvalue weighted by Gasteiger charge is -2.49. The van der Waals surface area contributed by atoms with Crippen molar-refractivity contribution in [1.29, 1.82) is 0 Å². The highest BCUT2D eigenvalue weighted by Gasteiger charge is 2.42. The normalized spacial score (nSPS) is 29.6. The number of fused-ring (bicyclic) bond motifs is 1. The highest BCUT2D eigenvalue weighted by molar-refractivity contribution is 5.48. The number of piperidine rings is 1. The topological polar surface area (TPSA) is 41.9 Å². The number of hydrogen-bond donors (Lipinski definition) is 1. The summed E-state index contributed by atoms with van der Waals surface area (Å²) in [6.45, 7) is 3.35. The Morgan fingerprint density at radius 2 is 2.29 bits per heavy atom. The molecule has 2 heterocycles. The molecule has 2 unspecified atom stereocenters. The minimum Gasteiger partial charge on any atom is -0.493 e. The van der Waals surface area contributed by atoms with Gasteiger partial charge in [0.2, 0.25) is 0 Å². The molecule has 2 aliphatic heterocycles. The van der Waals surface area contributed by atoms with E-state index in [9.17, 15) is 5.11 Å². The standard InChI is InChI=1S/C17H25NO3/c1-17(18-11-4-3-7-14(18)12-19)10-9-13-6-5-8-15(20-2)16(13)21-17/h5-6,8,14,19H,3-4,7,9-12H2,1-2H3. The largest absolute Gasteiger partial charge is 0.493 e. The Morgan fingerprint density at radius 3 is 3.05 bits per heavy atom. The van der Waals surface area contributed by atoms with Crippen LogP contribution in [0.1, 0.15) is 38.2 Å². The molecule has 1 aromatic carbocycles. The van der Waals surface area contributed by atoms with Crippen molar-refractivity contribution < 1.29 is 14.6 Å². The number of hydrogen-bond acceptors (Lipinski definition) is 4. The van der Waals surface area contributed by atoms with E-state index in [-0.39, 0.29) is 18.4 Å². The first-order valence-electron chi connectivity index (χ1n) is 7.90. The Kier molecular flexibility index (Phi) is 4.09. The van der Waals surface area contributed by atoms with Crippen LogP contribution in [-0.2, 0) is 6.42 Å². The summed E-state index contributed by atoms with van der Waals surface area (Å²) in [5, 5.41) is 9.68. The number of benzene rings is 1. The molecule has 21 heavy (non-hydrogen) atoms. The van der Waals surface area contributed by atoms with Crippen molar-refractivity contribution in [3.8, 4) is 11.5 Å². The summed E-state index contributed by atoms with van der Waals surface area (Å²) in [5.41, 5.74) is 0.861. The number of aryl methyl sites for hydroxylation is 1. The van der Waals surface area contributed by atoms with Crippen molar-refractivity contribution in [1.82, 2.24) is 4.90 Å². The number of nitrogens with zero attached hydrogens (tertiary/aromatic N) is 1. The van der Waals surface area contributed by atoms with Gasteiger partial charge >= 0.3 is 0 Å². The minimum atomic E-state index is -0.352. The van der Waals surface area contributed by atoms with Gasteiger partial charge in [0.25, 0.3) is 0 Å². The molecular weight excluding hydrogens is 266 g/mol. The third kappa shape index (κ3) is 2.62. The van der Waals surface area contributed by atoms with Crippen molar-refractivity contribution in [3.05, 3.63) is 23.8 Å². The fourth-order valence-electron chi connectivity index (χ4n) is 3.69. The number of rotatable bonds is 3. The van der Waals surface area contributed by atoms with Crippen molar-refractivity contribution in [2.45, 2.75) is 50.8 Å². The van der Waals surface area contributed by atoms with E-state index in [0.717, 1.165) is 37.3 Å². The molecule has 1 saturated heterocycles. The summed E-state index contributed by atoms with van der Waals surface area (Å²) in [4.78, 5) is 2.35. The zero-order valence-corrected chi connectivity index (χ0v) is 13.0. The van der Waals surface area contributed by atoms with Crippen LogP contribution in [0.4, 0.5) is 0 Å². The lowest BCUT2D eigenvalue weighted by atomic mass is 9.92. The Bertz CT molecular complexity index is 491. The van der Waals surface area contributed by atoms with E-state index in [4.69, 9.17) is 9.47 Å². The number of aliphatic hydroxyl groups excluding tert-OH is 1. The van der Waals surface area contributed by atoms with Crippen LogP contribution in [0.15, 0.2) is 18.2 Å². The van der Waals surface area contributed by atoms with Crippen LogP contribution in [0.2, 0.25) is 0 Å². The quantitative estimate of drug-likeness (QED) is 0.929. The number of methoxy groups -OCH3 is 1. The molecule has 0 radical (unpaired) electrons. The molecule has 3 rings (SSSR count). The van der Waals surface area contributed by atoms with Crippen LogP contribution in [0.25, 0.3) is 0 Å². The van der Waals surface area contributed by atoms with E-state index >= 15 is 0 Å². The van der Waals surface area contributed by atoms with Crippen LogP contribution >= 0.6 is 0 Å². The second-order valence-electron chi connectivity index (χ2n) is 6.25.